The second-order valence-electron chi connectivity index (χ2n) is 6.15. The van der Waals surface area contributed by atoms with Crippen molar-refractivity contribution in [3.8, 4) is 5.75 Å². The van der Waals surface area contributed by atoms with Crippen LogP contribution >= 0.6 is 0 Å². The smallest absolute Gasteiger partial charge is 0.419 e. The third-order valence-electron chi connectivity index (χ3n) is 3.87. The molecule has 0 saturated carbocycles. The maximum Gasteiger partial charge on any atom is 0.419 e. The van der Waals surface area contributed by atoms with Gasteiger partial charge in [-0.25, -0.2) is 4.39 Å². The van der Waals surface area contributed by atoms with Crippen LogP contribution in [0.3, 0.4) is 0 Å². The van der Waals surface area contributed by atoms with Crippen LogP contribution in [0.2, 0.25) is 0 Å². The molecule has 1 saturated heterocycles. The Kier molecular flexibility index (Phi) is 5.32. The Morgan fingerprint density at radius 1 is 1.32 bits per heavy atom. The van der Waals surface area contributed by atoms with Gasteiger partial charge in [0.05, 0.1) is 5.56 Å². The fraction of sp³-hybridized carbons (Fsp3) is 0.625. The molecule has 124 valence electrons. The first-order valence-electron chi connectivity index (χ1n) is 7.52. The SMILES string of the molecule is CC(C)C[C@H](Oc1cccc(C(F)(F)F)c1F)[C@H]1CCNC1. The minimum absolute atomic E-state index is 0.191. The standard InChI is InChI=1S/C16H21F4NO/c1-10(2)8-14(11-6-7-21-9-11)22-13-5-3-4-12(15(13)17)16(18,19)20/h3-5,10-11,14,21H,6-9H2,1-2H3/t11-,14-/m0/s1. The summed E-state index contributed by atoms with van der Waals surface area (Å²) in [4.78, 5) is 0. The Bertz CT molecular complexity index is 495. The largest absolute Gasteiger partial charge is 0.487 e. The lowest BCUT2D eigenvalue weighted by molar-refractivity contribution is -0.140. The molecule has 6 heteroatoms. The van der Waals surface area contributed by atoms with E-state index < -0.39 is 17.6 Å². The monoisotopic (exact) mass is 319 g/mol. The van der Waals surface area contributed by atoms with Gasteiger partial charge in [0.1, 0.15) is 6.10 Å². The number of alkyl halides is 3. The van der Waals surface area contributed by atoms with Crippen molar-refractivity contribution in [2.24, 2.45) is 11.8 Å². The van der Waals surface area contributed by atoms with E-state index in [0.717, 1.165) is 25.6 Å². The van der Waals surface area contributed by atoms with Crippen molar-refractivity contribution < 1.29 is 22.3 Å². The van der Waals surface area contributed by atoms with Crippen LogP contribution in [0.1, 0.15) is 32.3 Å². The molecule has 1 heterocycles. The summed E-state index contributed by atoms with van der Waals surface area (Å²) in [6, 6.07) is 3.18. The lowest BCUT2D eigenvalue weighted by Crippen LogP contribution is -2.30. The van der Waals surface area contributed by atoms with Crippen molar-refractivity contribution in [1.29, 1.82) is 0 Å². The summed E-state index contributed by atoms with van der Waals surface area (Å²) in [5.74, 6) is -1.13. The topological polar surface area (TPSA) is 21.3 Å². The maximum absolute atomic E-state index is 14.1. The van der Waals surface area contributed by atoms with E-state index in [9.17, 15) is 17.6 Å². The first-order chi connectivity index (χ1) is 10.3. The average molecular weight is 319 g/mol. The zero-order valence-corrected chi connectivity index (χ0v) is 12.7. The van der Waals surface area contributed by atoms with Crippen LogP contribution < -0.4 is 10.1 Å². The number of ether oxygens (including phenoxy) is 1. The predicted octanol–water partition coefficient (Wildman–Crippen LogP) is 4.25. The van der Waals surface area contributed by atoms with Gasteiger partial charge in [0, 0.05) is 12.5 Å². The van der Waals surface area contributed by atoms with Crippen molar-refractivity contribution >= 4 is 0 Å². The number of hydrogen-bond acceptors (Lipinski definition) is 2. The highest BCUT2D eigenvalue weighted by molar-refractivity contribution is 5.33. The molecule has 2 rings (SSSR count). The molecule has 0 amide bonds. The van der Waals surface area contributed by atoms with E-state index in [4.69, 9.17) is 4.74 Å². The molecule has 0 spiro atoms. The van der Waals surface area contributed by atoms with Gasteiger partial charge in [-0.3, -0.25) is 0 Å². The molecule has 0 radical (unpaired) electrons. The van der Waals surface area contributed by atoms with Crippen molar-refractivity contribution in [3.63, 3.8) is 0 Å². The van der Waals surface area contributed by atoms with Crippen LogP contribution in [0.5, 0.6) is 5.75 Å². The van der Waals surface area contributed by atoms with Crippen molar-refractivity contribution in [2.75, 3.05) is 13.1 Å². The van der Waals surface area contributed by atoms with Crippen molar-refractivity contribution in [2.45, 2.75) is 39.0 Å². The van der Waals surface area contributed by atoms with Gasteiger partial charge in [-0.2, -0.15) is 13.2 Å². The Labute approximate surface area is 127 Å². The highest BCUT2D eigenvalue weighted by Gasteiger charge is 2.36. The van der Waals surface area contributed by atoms with E-state index in [1.807, 2.05) is 13.8 Å². The quantitative estimate of drug-likeness (QED) is 0.819. The van der Waals surface area contributed by atoms with Gasteiger partial charge in [-0.05, 0) is 37.4 Å². The number of rotatable bonds is 5. The minimum Gasteiger partial charge on any atom is -0.487 e. The zero-order chi connectivity index (χ0) is 16.3. The minimum atomic E-state index is -4.72. The van der Waals surface area contributed by atoms with Crippen LogP contribution in [0.25, 0.3) is 0 Å². The molecular weight excluding hydrogens is 298 g/mol. The van der Waals surface area contributed by atoms with Crippen LogP contribution in [-0.4, -0.2) is 19.2 Å². The Morgan fingerprint density at radius 3 is 2.59 bits per heavy atom. The van der Waals surface area contributed by atoms with Gasteiger partial charge < -0.3 is 10.1 Å². The first-order valence-corrected chi connectivity index (χ1v) is 7.52. The molecule has 0 bridgehead atoms. The van der Waals surface area contributed by atoms with E-state index in [1.54, 1.807) is 0 Å². The Balaban J connectivity index is 2.22. The van der Waals surface area contributed by atoms with Crippen molar-refractivity contribution in [1.82, 2.24) is 5.32 Å². The number of hydrogen-bond donors (Lipinski definition) is 1. The molecule has 2 nitrogen and oxygen atoms in total. The number of benzene rings is 1. The third-order valence-corrected chi connectivity index (χ3v) is 3.87. The molecule has 2 atom stereocenters. The van der Waals surface area contributed by atoms with Crippen LogP contribution in [0.4, 0.5) is 17.6 Å². The Hall–Kier alpha value is -1.30. The predicted molar refractivity (Wildman–Crippen MR) is 76.2 cm³/mol. The van der Waals surface area contributed by atoms with Gasteiger partial charge in [-0.15, -0.1) is 0 Å². The molecule has 1 fully saturated rings. The van der Waals surface area contributed by atoms with E-state index in [2.05, 4.69) is 5.32 Å². The van der Waals surface area contributed by atoms with E-state index in [-0.39, 0.29) is 17.8 Å². The first kappa shape index (κ1) is 17.1. The molecule has 22 heavy (non-hydrogen) atoms. The normalized spacial score (nSPS) is 20.4. The highest BCUT2D eigenvalue weighted by atomic mass is 19.4. The number of halogens is 4. The van der Waals surface area contributed by atoms with Gasteiger partial charge in [0.25, 0.3) is 0 Å². The Morgan fingerprint density at radius 2 is 2.05 bits per heavy atom. The van der Waals surface area contributed by atoms with Gasteiger partial charge >= 0.3 is 6.18 Å². The molecule has 1 aromatic rings. The highest BCUT2D eigenvalue weighted by Crippen LogP contribution is 2.36. The van der Waals surface area contributed by atoms with E-state index in [1.165, 1.54) is 12.1 Å². The molecule has 1 N–H and O–H groups in total. The van der Waals surface area contributed by atoms with E-state index >= 15 is 0 Å². The molecule has 0 aliphatic carbocycles. The third kappa shape index (κ3) is 4.12. The molecule has 1 aliphatic heterocycles. The maximum atomic E-state index is 14.1. The van der Waals surface area contributed by atoms with Crippen LogP contribution in [0.15, 0.2) is 18.2 Å². The van der Waals surface area contributed by atoms with Gasteiger partial charge in [0.2, 0.25) is 0 Å². The van der Waals surface area contributed by atoms with Gasteiger partial charge in [0.15, 0.2) is 11.6 Å². The van der Waals surface area contributed by atoms with Crippen molar-refractivity contribution in [3.05, 3.63) is 29.6 Å². The second kappa shape index (κ2) is 6.86. The molecular formula is C16H21F4NO. The lowest BCUT2D eigenvalue weighted by atomic mass is 9.93. The van der Waals surface area contributed by atoms with E-state index in [0.29, 0.717) is 12.3 Å². The summed E-state index contributed by atoms with van der Waals surface area (Å²) in [6.07, 6.45) is -3.43. The lowest BCUT2D eigenvalue weighted by Gasteiger charge is -2.26. The molecule has 0 aromatic heterocycles. The molecule has 0 unspecified atom stereocenters. The fourth-order valence-electron chi connectivity index (χ4n) is 2.78. The summed E-state index contributed by atoms with van der Waals surface area (Å²) in [6.45, 7) is 5.63. The van der Waals surface area contributed by atoms with Crippen LogP contribution in [0, 0.1) is 17.7 Å². The summed E-state index contributed by atoms with van der Waals surface area (Å²) in [7, 11) is 0. The summed E-state index contributed by atoms with van der Waals surface area (Å²) < 4.78 is 58.1. The number of nitrogens with one attached hydrogen (secondary N) is 1. The second-order valence-corrected chi connectivity index (χ2v) is 6.15. The summed E-state index contributed by atoms with van der Waals surface area (Å²) in [5, 5.41) is 3.21. The fourth-order valence-corrected chi connectivity index (χ4v) is 2.78. The van der Waals surface area contributed by atoms with Gasteiger partial charge in [-0.1, -0.05) is 19.9 Å². The molecule has 1 aromatic carbocycles. The summed E-state index contributed by atoms with van der Waals surface area (Å²) in [5.41, 5.74) is -1.28. The average Bonchev–Trinajstić information content (AvgIpc) is 2.92. The van der Waals surface area contributed by atoms with Crippen LogP contribution in [-0.2, 0) is 6.18 Å². The molecule has 1 aliphatic rings. The summed E-state index contributed by atoms with van der Waals surface area (Å²) >= 11 is 0. The zero-order valence-electron chi connectivity index (χ0n) is 12.7.